The molecule has 1 amide bonds. The third kappa shape index (κ3) is 3.14. The van der Waals surface area contributed by atoms with E-state index in [1.165, 1.54) is 0 Å². The van der Waals surface area contributed by atoms with Crippen molar-refractivity contribution >= 4 is 5.91 Å². The van der Waals surface area contributed by atoms with Crippen LogP contribution >= 0.6 is 0 Å². The van der Waals surface area contributed by atoms with Crippen LogP contribution in [0.4, 0.5) is 0 Å². The minimum absolute atomic E-state index is 0.284. The molecule has 3 nitrogen and oxygen atoms in total. The Hall–Kier alpha value is -0.830. The molecule has 1 fully saturated rings. The molecule has 0 aromatic rings. The Morgan fingerprint density at radius 3 is 3.07 bits per heavy atom. The Morgan fingerprint density at radius 1 is 1.71 bits per heavy atom. The second-order valence-corrected chi connectivity index (χ2v) is 3.75. The first kappa shape index (κ1) is 11.2. The standard InChI is InChI=1S/C11H20N2O/c1-3-10-8-11(14)13(9-10)7-5-6-12-4-2/h3,10,12H,1,4-9H2,2H3. The van der Waals surface area contributed by atoms with E-state index in [-0.39, 0.29) is 5.91 Å². The Morgan fingerprint density at radius 2 is 2.50 bits per heavy atom. The summed E-state index contributed by atoms with van der Waals surface area (Å²) in [6.45, 7) is 9.58. The lowest BCUT2D eigenvalue weighted by Crippen LogP contribution is -2.28. The van der Waals surface area contributed by atoms with Crippen molar-refractivity contribution in [3.05, 3.63) is 12.7 Å². The highest BCUT2D eigenvalue weighted by atomic mass is 16.2. The smallest absolute Gasteiger partial charge is 0.223 e. The monoisotopic (exact) mass is 196 g/mol. The van der Waals surface area contributed by atoms with Crippen LogP contribution in [0.15, 0.2) is 12.7 Å². The number of carbonyl (C=O) groups is 1. The molecule has 1 saturated heterocycles. The van der Waals surface area contributed by atoms with Crippen LogP contribution in [0.1, 0.15) is 19.8 Å². The van der Waals surface area contributed by atoms with E-state index < -0.39 is 0 Å². The molecule has 80 valence electrons. The van der Waals surface area contributed by atoms with E-state index in [4.69, 9.17) is 0 Å². The van der Waals surface area contributed by atoms with Gasteiger partial charge in [-0.1, -0.05) is 13.0 Å². The number of carbonyl (C=O) groups excluding carboxylic acids is 1. The summed E-state index contributed by atoms with van der Waals surface area (Å²) in [6.07, 6.45) is 3.59. The van der Waals surface area contributed by atoms with Crippen molar-refractivity contribution in [1.82, 2.24) is 10.2 Å². The SMILES string of the molecule is C=CC1CC(=O)N(CCCNCC)C1. The van der Waals surface area contributed by atoms with Crippen LogP contribution in [0.5, 0.6) is 0 Å². The fourth-order valence-corrected chi connectivity index (χ4v) is 1.75. The van der Waals surface area contributed by atoms with Gasteiger partial charge >= 0.3 is 0 Å². The second-order valence-electron chi connectivity index (χ2n) is 3.75. The molecule has 1 atom stereocenters. The summed E-state index contributed by atoms with van der Waals surface area (Å²) in [6, 6.07) is 0. The van der Waals surface area contributed by atoms with Gasteiger partial charge in [-0.05, 0) is 19.5 Å². The van der Waals surface area contributed by atoms with Crippen molar-refractivity contribution < 1.29 is 4.79 Å². The second kappa shape index (κ2) is 5.81. The van der Waals surface area contributed by atoms with E-state index >= 15 is 0 Å². The zero-order chi connectivity index (χ0) is 10.4. The molecular formula is C11H20N2O. The van der Waals surface area contributed by atoms with Gasteiger partial charge in [-0.2, -0.15) is 0 Å². The van der Waals surface area contributed by atoms with Crippen molar-refractivity contribution in [2.45, 2.75) is 19.8 Å². The molecule has 0 aliphatic carbocycles. The zero-order valence-electron chi connectivity index (χ0n) is 8.96. The third-order valence-corrected chi connectivity index (χ3v) is 2.61. The molecule has 14 heavy (non-hydrogen) atoms. The first-order chi connectivity index (χ1) is 6.77. The number of amides is 1. The fourth-order valence-electron chi connectivity index (χ4n) is 1.75. The number of hydrogen-bond acceptors (Lipinski definition) is 2. The molecule has 1 aliphatic rings. The number of hydrogen-bond donors (Lipinski definition) is 1. The normalized spacial score (nSPS) is 21.6. The lowest BCUT2D eigenvalue weighted by atomic mass is 10.1. The minimum atomic E-state index is 0.284. The minimum Gasteiger partial charge on any atom is -0.342 e. The Bertz CT molecular complexity index is 203. The van der Waals surface area contributed by atoms with E-state index in [2.05, 4.69) is 18.8 Å². The summed E-state index contributed by atoms with van der Waals surface area (Å²) in [5.74, 6) is 0.660. The highest BCUT2D eigenvalue weighted by Gasteiger charge is 2.26. The van der Waals surface area contributed by atoms with Crippen molar-refractivity contribution in [3.63, 3.8) is 0 Å². The molecule has 1 heterocycles. The predicted molar refractivity (Wildman–Crippen MR) is 58.0 cm³/mol. The molecule has 1 aliphatic heterocycles. The molecule has 1 unspecified atom stereocenters. The topological polar surface area (TPSA) is 32.3 Å². The largest absolute Gasteiger partial charge is 0.342 e. The van der Waals surface area contributed by atoms with Crippen molar-refractivity contribution in [3.8, 4) is 0 Å². The Kier molecular flexibility index (Phi) is 4.66. The highest BCUT2D eigenvalue weighted by molar-refractivity contribution is 5.78. The van der Waals surface area contributed by atoms with Gasteiger partial charge in [0.2, 0.25) is 5.91 Å². The molecule has 3 heteroatoms. The summed E-state index contributed by atoms with van der Waals surface area (Å²) in [5.41, 5.74) is 0. The van der Waals surface area contributed by atoms with Gasteiger partial charge in [-0.25, -0.2) is 0 Å². The van der Waals surface area contributed by atoms with E-state index in [0.717, 1.165) is 32.6 Å². The van der Waals surface area contributed by atoms with Crippen LogP contribution in [-0.4, -0.2) is 37.0 Å². The number of likely N-dealkylation sites (tertiary alicyclic amines) is 1. The summed E-state index contributed by atoms with van der Waals surface area (Å²) in [4.78, 5) is 13.4. The molecule has 0 spiro atoms. The third-order valence-electron chi connectivity index (χ3n) is 2.61. The molecule has 0 radical (unpaired) electrons. The van der Waals surface area contributed by atoms with Crippen molar-refractivity contribution in [2.24, 2.45) is 5.92 Å². The van der Waals surface area contributed by atoms with Gasteiger partial charge in [0.15, 0.2) is 0 Å². The van der Waals surface area contributed by atoms with Crippen molar-refractivity contribution in [2.75, 3.05) is 26.2 Å². The molecule has 1 rings (SSSR count). The van der Waals surface area contributed by atoms with Gasteiger partial charge in [0.25, 0.3) is 0 Å². The van der Waals surface area contributed by atoms with Gasteiger partial charge in [-0.15, -0.1) is 6.58 Å². The molecule has 0 aromatic heterocycles. The molecule has 0 saturated carbocycles. The van der Waals surface area contributed by atoms with Crippen LogP contribution in [-0.2, 0) is 4.79 Å². The average Bonchev–Trinajstić information content (AvgIpc) is 2.54. The summed E-state index contributed by atoms with van der Waals surface area (Å²) in [5, 5.41) is 3.25. The maximum absolute atomic E-state index is 11.5. The Labute approximate surface area is 86.2 Å². The molecule has 0 aromatic carbocycles. The Balaban J connectivity index is 2.18. The van der Waals surface area contributed by atoms with Gasteiger partial charge in [0.05, 0.1) is 0 Å². The summed E-state index contributed by atoms with van der Waals surface area (Å²) >= 11 is 0. The van der Waals surface area contributed by atoms with E-state index in [9.17, 15) is 4.79 Å². The first-order valence-electron chi connectivity index (χ1n) is 5.39. The van der Waals surface area contributed by atoms with Crippen LogP contribution in [0.3, 0.4) is 0 Å². The number of nitrogens with zero attached hydrogens (tertiary/aromatic N) is 1. The summed E-state index contributed by atoms with van der Waals surface area (Å²) in [7, 11) is 0. The molecule has 1 N–H and O–H groups in total. The quantitative estimate of drug-likeness (QED) is 0.508. The van der Waals surface area contributed by atoms with Gasteiger partial charge in [-0.3, -0.25) is 4.79 Å². The fraction of sp³-hybridized carbons (Fsp3) is 0.727. The lowest BCUT2D eigenvalue weighted by molar-refractivity contribution is -0.127. The van der Waals surface area contributed by atoms with E-state index in [1.807, 2.05) is 11.0 Å². The average molecular weight is 196 g/mol. The van der Waals surface area contributed by atoms with Gasteiger partial charge in [0, 0.05) is 25.4 Å². The summed E-state index contributed by atoms with van der Waals surface area (Å²) < 4.78 is 0. The van der Waals surface area contributed by atoms with Crippen molar-refractivity contribution in [1.29, 1.82) is 0 Å². The number of rotatable bonds is 6. The van der Waals surface area contributed by atoms with Crippen LogP contribution in [0.2, 0.25) is 0 Å². The lowest BCUT2D eigenvalue weighted by Gasteiger charge is -2.15. The molecule has 0 bridgehead atoms. The van der Waals surface area contributed by atoms with E-state index in [1.54, 1.807) is 0 Å². The number of nitrogens with one attached hydrogen (secondary N) is 1. The maximum Gasteiger partial charge on any atom is 0.223 e. The van der Waals surface area contributed by atoms with Gasteiger partial charge < -0.3 is 10.2 Å². The van der Waals surface area contributed by atoms with Crippen LogP contribution in [0.25, 0.3) is 0 Å². The van der Waals surface area contributed by atoms with Crippen LogP contribution in [0, 0.1) is 5.92 Å². The zero-order valence-corrected chi connectivity index (χ0v) is 8.96. The first-order valence-corrected chi connectivity index (χ1v) is 5.39. The van der Waals surface area contributed by atoms with Crippen LogP contribution < -0.4 is 5.32 Å². The predicted octanol–water partition coefficient (Wildman–Crippen LogP) is 1.02. The molecular weight excluding hydrogens is 176 g/mol. The van der Waals surface area contributed by atoms with Gasteiger partial charge in [0.1, 0.15) is 0 Å². The van der Waals surface area contributed by atoms with E-state index in [0.29, 0.717) is 12.3 Å². The highest BCUT2D eigenvalue weighted by Crippen LogP contribution is 2.18. The maximum atomic E-state index is 11.5.